The summed E-state index contributed by atoms with van der Waals surface area (Å²) in [6.45, 7) is 4.25. The van der Waals surface area contributed by atoms with Crippen LogP contribution in [0.3, 0.4) is 0 Å². The standard InChI is InChI=1S/C17H21FN2O3S2/c1-3-20(4-2)25(22,23)16-12-13(7-8-15(16)18)17(21)19-10-9-14-6-5-11-24-14/h5-8,11-12H,3-4,9-10H2,1-2H3,(H,19,21). The molecule has 25 heavy (non-hydrogen) atoms. The number of hydrogen-bond acceptors (Lipinski definition) is 4. The molecule has 1 aromatic carbocycles. The lowest BCUT2D eigenvalue weighted by Gasteiger charge is -2.19. The number of amides is 1. The molecular formula is C17H21FN2O3S2. The van der Waals surface area contributed by atoms with Crippen molar-refractivity contribution in [2.45, 2.75) is 25.2 Å². The van der Waals surface area contributed by atoms with E-state index in [9.17, 15) is 17.6 Å². The average Bonchev–Trinajstić information content (AvgIpc) is 3.09. The van der Waals surface area contributed by atoms with Crippen LogP contribution in [0, 0.1) is 5.82 Å². The number of thiophene rings is 1. The Bertz CT molecular complexity index is 816. The molecule has 0 aliphatic heterocycles. The predicted octanol–water partition coefficient (Wildman–Crippen LogP) is 2.89. The van der Waals surface area contributed by atoms with Gasteiger partial charge in [-0.25, -0.2) is 12.8 Å². The predicted molar refractivity (Wildman–Crippen MR) is 96.9 cm³/mol. The number of carbonyl (C=O) groups is 1. The summed E-state index contributed by atoms with van der Waals surface area (Å²) in [7, 11) is -3.96. The van der Waals surface area contributed by atoms with Crippen molar-refractivity contribution in [3.8, 4) is 0 Å². The van der Waals surface area contributed by atoms with Gasteiger partial charge in [-0.2, -0.15) is 4.31 Å². The third-order valence-electron chi connectivity index (χ3n) is 3.75. The maximum atomic E-state index is 14.1. The molecule has 2 rings (SSSR count). The van der Waals surface area contributed by atoms with Gasteiger partial charge in [-0.3, -0.25) is 4.79 Å². The van der Waals surface area contributed by atoms with Gasteiger partial charge in [-0.1, -0.05) is 19.9 Å². The van der Waals surface area contributed by atoms with Gasteiger partial charge in [0.15, 0.2) is 0 Å². The molecule has 0 bridgehead atoms. The first kappa shape index (κ1) is 19.6. The van der Waals surface area contributed by atoms with Crippen LogP contribution < -0.4 is 5.32 Å². The summed E-state index contributed by atoms with van der Waals surface area (Å²) in [6.07, 6.45) is 0.690. The van der Waals surface area contributed by atoms with Crippen LogP contribution in [0.1, 0.15) is 29.1 Å². The molecule has 1 N–H and O–H groups in total. The zero-order chi connectivity index (χ0) is 18.4. The third-order valence-corrected chi connectivity index (χ3v) is 6.75. The highest BCUT2D eigenvalue weighted by Crippen LogP contribution is 2.21. The highest BCUT2D eigenvalue weighted by Gasteiger charge is 2.26. The Labute approximate surface area is 151 Å². The zero-order valence-corrected chi connectivity index (χ0v) is 15.8. The molecule has 0 aliphatic carbocycles. The number of sulfonamides is 1. The fourth-order valence-electron chi connectivity index (χ4n) is 2.40. The van der Waals surface area contributed by atoms with Gasteiger partial charge in [0.05, 0.1) is 0 Å². The lowest BCUT2D eigenvalue weighted by molar-refractivity contribution is 0.0954. The van der Waals surface area contributed by atoms with Crippen molar-refractivity contribution in [2.75, 3.05) is 19.6 Å². The number of nitrogens with zero attached hydrogens (tertiary/aromatic N) is 1. The van der Waals surface area contributed by atoms with Crippen molar-refractivity contribution in [3.63, 3.8) is 0 Å². The van der Waals surface area contributed by atoms with Crippen LogP contribution in [-0.4, -0.2) is 38.3 Å². The highest BCUT2D eigenvalue weighted by molar-refractivity contribution is 7.89. The molecule has 0 saturated carbocycles. The molecule has 0 spiro atoms. The number of carbonyl (C=O) groups excluding carboxylic acids is 1. The second-order valence-corrected chi connectivity index (χ2v) is 8.26. The normalized spacial score (nSPS) is 11.7. The molecule has 0 fully saturated rings. The van der Waals surface area contributed by atoms with Gasteiger partial charge in [0, 0.05) is 30.1 Å². The largest absolute Gasteiger partial charge is 0.352 e. The summed E-state index contributed by atoms with van der Waals surface area (Å²) >= 11 is 1.60. The minimum absolute atomic E-state index is 0.123. The average molecular weight is 384 g/mol. The summed E-state index contributed by atoms with van der Waals surface area (Å²) < 4.78 is 40.3. The van der Waals surface area contributed by atoms with Crippen molar-refractivity contribution in [3.05, 3.63) is 52.0 Å². The fraction of sp³-hybridized carbons (Fsp3) is 0.353. The number of hydrogen-bond donors (Lipinski definition) is 1. The van der Waals surface area contributed by atoms with E-state index in [2.05, 4.69) is 5.32 Å². The molecule has 8 heteroatoms. The Balaban J connectivity index is 2.16. The van der Waals surface area contributed by atoms with E-state index in [4.69, 9.17) is 0 Å². The minimum atomic E-state index is -3.96. The first-order valence-corrected chi connectivity index (χ1v) is 10.3. The van der Waals surface area contributed by atoms with Crippen molar-refractivity contribution in [1.82, 2.24) is 9.62 Å². The van der Waals surface area contributed by atoms with Crippen molar-refractivity contribution < 1.29 is 17.6 Å². The maximum absolute atomic E-state index is 14.1. The van der Waals surface area contributed by atoms with Crippen molar-refractivity contribution in [1.29, 1.82) is 0 Å². The Morgan fingerprint density at radius 1 is 1.24 bits per heavy atom. The van der Waals surface area contributed by atoms with Crippen LogP contribution in [0.2, 0.25) is 0 Å². The van der Waals surface area contributed by atoms with Gasteiger partial charge in [0.1, 0.15) is 10.7 Å². The summed E-state index contributed by atoms with van der Waals surface area (Å²) in [5, 5.41) is 4.69. The van der Waals surface area contributed by atoms with E-state index in [0.717, 1.165) is 21.3 Å². The maximum Gasteiger partial charge on any atom is 0.251 e. The Hall–Kier alpha value is -1.77. The first-order valence-electron chi connectivity index (χ1n) is 8.00. The molecule has 2 aromatic rings. The van der Waals surface area contributed by atoms with Crippen LogP contribution in [-0.2, 0) is 16.4 Å². The van der Waals surface area contributed by atoms with Gasteiger partial charge in [-0.15, -0.1) is 11.3 Å². The summed E-state index contributed by atoms with van der Waals surface area (Å²) in [6, 6.07) is 7.32. The number of benzene rings is 1. The molecule has 0 saturated heterocycles. The lowest BCUT2D eigenvalue weighted by atomic mass is 10.2. The lowest BCUT2D eigenvalue weighted by Crippen LogP contribution is -2.32. The molecule has 1 aromatic heterocycles. The third kappa shape index (κ3) is 4.65. The molecule has 0 atom stereocenters. The molecule has 0 radical (unpaired) electrons. The van der Waals surface area contributed by atoms with Crippen molar-refractivity contribution >= 4 is 27.3 Å². The topological polar surface area (TPSA) is 66.5 Å². The van der Waals surface area contributed by atoms with Gasteiger partial charge >= 0.3 is 0 Å². The molecule has 5 nitrogen and oxygen atoms in total. The molecule has 136 valence electrons. The van der Waals surface area contributed by atoms with Crippen LogP contribution in [0.25, 0.3) is 0 Å². The minimum Gasteiger partial charge on any atom is -0.352 e. The SMILES string of the molecule is CCN(CC)S(=O)(=O)c1cc(C(=O)NCCc2cccs2)ccc1F. The van der Waals surface area contributed by atoms with Gasteiger partial charge < -0.3 is 5.32 Å². The molecule has 1 amide bonds. The number of halogens is 1. The Morgan fingerprint density at radius 2 is 1.96 bits per heavy atom. The Kier molecular flexibility index (Phi) is 6.69. The first-order chi connectivity index (χ1) is 11.9. The molecule has 1 heterocycles. The molecule has 0 aliphatic rings. The van der Waals surface area contributed by atoms with Crippen LogP contribution in [0.15, 0.2) is 40.6 Å². The van der Waals surface area contributed by atoms with Crippen LogP contribution in [0.5, 0.6) is 0 Å². The summed E-state index contributed by atoms with van der Waals surface area (Å²) in [5.41, 5.74) is 0.123. The van der Waals surface area contributed by atoms with Crippen LogP contribution >= 0.6 is 11.3 Å². The number of rotatable bonds is 8. The van der Waals surface area contributed by atoms with E-state index in [0.29, 0.717) is 13.0 Å². The van der Waals surface area contributed by atoms with E-state index >= 15 is 0 Å². The van der Waals surface area contributed by atoms with Crippen molar-refractivity contribution in [2.24, 2.45) is 0 Å². The van der Waals surface area contributed by atoms with Gasteiger partial charge in [0.25, 0.3) is 5.91 Å². The zero-order valence-electron chi connectivity index (χ0n) is 14.2. The van der Waals surface area contributed by atoms with Gasteiger partial charge in [-0.05, 0) is 36.1 Å². The quantitative estimate of drug-likeness (QED) is 0.761. The van der Waals surface area contributed by atoms with E-state index in [1.807, 2.05) is 17.5 Å². The monoisotopic (exact) mass is 384 g/mol. The summed E-state index contributed by atoms with van der Waals surface area (Å²) in [4.78, 5) is 12.9. The van der Waals surface area contributed by atoms with E-state index in [-0.39, 0.29) is 18.7 Å². The smallest absolute Gasteiger partial charge is 0.251 e. The fourth-order valence-corrected chi connectivity index (χ4v) is 4.66. The second-order valence-electron chi connectivity index (χ2n) is 5.32. The van der Waals surface area contributed by atoms with E-state index in [1.54, 1.807) is 25.2 Å². The van der Waals surface area contributed by atoms with Crippen LogP contribution in [0.4, 0.5) is 4.39 Å². The Morgan fingerprint density at radius 3 is 2.56 bits per heavy atom. The summed E-state index contributed by atoms with van der Waals surface area (Å²) in [5.74, 6) is -1.28. The highest BCUT2D eigenvalue weighted by atomic mass is 32.2. The van der Waals surface area contributed by atoms with E-state index in [1.165, 1.54) is 6.07 Å². The molecular weight excluding hydrogens is 363 g/mol. The van der Waals surface area contributed by atoms with E-state index < -0.39 is 26.6 Å². The second kappa shape index (κ2) is 8.55. The number of nitrogens with one attached hydrogen (secondary N) is 1. The molecule has 0 unspecified atom stereocenters. The van der Waals surface area contributed by atoms with Gasteiger partial charge in [0.2, 0.25) is 10.0 Å².